The molecule has 7 nitrogen and oxygen atoms in total. The van der Waals surface area contributed by atoms with Crippen molar-refractivity contribution in [3.05, 3.63) is 77.7 Å². The van der Waals surface area contributed by atoms with Crippen LogP contribution >= 0.6 is 0 Å². The lowest BCUT2D eigenvalue weighted by molar-refractivity contribution is 0.634. The van der Waals surface area contributed by atoms with Gasteiger partial charge in [-0.1, -0.05) is 37.3 Å². The van der Waals surface area contributed by atoms with Crippen molar-refractivity contribution in [3.63, 3.8) is 0 Å². The molecule has 0 aliphatic rings. The maximum Gasteiger partial charge on any atom is 0.124 e. The minimum atomic E-state index is 0.369. The van der Waals surface area contributed by atoms with E-state index in [-0.39, 0.29) is 0 Å². The molecule has 0 aliphatic heterocycles. The summed E-state index contributed by atoms with van der Waals surface area (Å²) in [6, 6.07) is 19.1. The van der Waals surface area contributed by atoms with Crippen LogP contribution < -0.4 is 5.73 Å². The second kappa shape index (κ2) is 8.13. The highest BCUT2D eigenvalue weighted by molar-refractivity contribution is 5.71. The van der Waals surface area contributed by atoms with Gasteiger partial charge in [-0.25, -0.2) is 9.67 Å². The Labute approximate surface area is 174 Å². The van der Waals surface area contributed by atoms with E-state index in [1.807, 2.05) is 42.6 Å². The van der Waals surface area contributed by atoms with Crippen molar-refractivity contribution in [1.29, 1.82) is 5.26 Å². The topological polar surface area (TPSA) is 106 Å². The van der Waals surface area contributed by atoms with E-state index in [1.165, 1.54) is 0 Å². The number of anilines is 1. The van der Waals surface area contributed by atoms with Crippen LogP contribution in [0.1, 0.15) is 36.7 Å². The third-order valence-electron chi connectivity index (χ3n) is 4.71. The highest BCUT2D eigenvalue weighted by atomic mass is 15.4. The first-order valence-electron chi connectivity index (χ1n) is 9.66. The number of benzene rings is 1. The number of nitrogen functional groups attached to an aromatic ring is 1. The van der Waals surface area contributed by atoms with E-state index in [0.717, 1.165) is 22.5 Å². The van der Waals surface area contributed by atoms with Crippen molar-refractivity contribution in [2.75, 3.05) is 5.73 Å². The number of rotatable bonds is 5. The van der Waals surface area contributed by atoms with Crippen molar-refractivity contribution in [2.24, 2.45) is 0 Å². The Hall–Kier alpha value is -4.05. The van der Waals surface area contributed by atoms with Crippen LogP contribution in [0.5, 0.6) is 0 Å². The van der Waals surface area contributed by atoms with Crippen LogP contribution in [0.25, 0.3) is 22.5 Å². The van der Waals surface area contributed by atoms with E-state index in [0.29, 0.717) is 35.2 Å². The molecule has 30 heavy (non-hydrogen) atoms. The van der Waals surface area contributed by atoms with Crippen LogP contribution in [0.4, 0.5) is 5.82 Å². The largest absolute Gasteiger partial charge is 0.384 e. The molecule has 3 aromatic heterocycles. The Morgan fingerprint density at radius 1 is 1.00 bits per heavy atom. The molecule has 1 aromatic carbocycles. The molecule has 0 spiro atoms. The van der Waals surface area contributed by atoms with E-state index < -0.39 is 0 Å². The van der Waals surface area contributed by atoms with E-state index in [1.54, 1.807) is 22.9 Å². The monoisotopic (exact) mass is 395 g/mol. The Bertz CT molecular complexity index is 1230. The van der Waals surface area contributed by atoms with Gasteiger partial charge in [0.15, 0.2) is 0 Å². The van der Waals surface area contributed by atoms with Gasteiger partial charge in [0, 0.05) is 16.8 Å². The number of nitrogens with zero attached hydrogens (tertiary/aromatic N) is 6. The molecular weight excluding hydrogens is 374 g/mol. The Balaban J connectivity index is 1.63. The average molecular weight is 395 g/mol. The van der Waals surface area contributed by atoms with Crippen LogP contribution in [-0.2, 0) is 6.54 Å². The molecule has 4 aromatic rings. The summed E-state index contributed by atoms with van der Waals surface area (Å²) in [4.78, 5) is 9.10. The maximum atomic E-state index is 9.15. The van der Waals surface area contributed by atoms with Gasteiger partial charge in [0.2, 0.25) is 0 Å². The first kappa shape index (κ1) is 19.3. The van der Waals surface area contributed by atoms with Crippen molar-refractivity contribution < 1.29 is 0 Å². The summed E-state index contributed by atoms with van der Waals surface area (Å²) in [6.45, 7) is 4.78. The molecule has 0 fully saturated rings. The first-order chi connectivity index (χ1) is 14.5. The van der Waals surface area contributed by atoms with Gasteiger partial charge in [0.25, 0.3) is 0 Å². The molecule has 0 radical (unpaired) electrons. The molecule has 0 aliphatic carbocycles. The van der Waals surface area contributed by atoms with Crippen molar-refractivity contribution in [2.45, 2.75) is 26.3 Å². The standard InChI is InChI=1S/C23H21N7/c1-15(2)20-8-4-7-19(26-20)13-30-14-22(28-29-30)18-10-21(27-23(25)11-18)17-6-3-5-16(9-17)12-24/h3-11,14-15H,13H2,1-2H3,(H2,25,27). The summed E-state index contributed by atoms with van der Waals surface area (Å²) in [5.74, 6) is 0.750. The van der Waals surface area contributed by atoms with Crippen LogP contribution in [0, 0.1) is 11.3 Å². The predicted molar refractivity (Wildman–Crippen MR) is 115 cm³/mol. The normalized spacial score (nSPS) is 10.9. The van der Waals surface area contributed by atoms with Crippen LogP contribution in [0.15, 0.2) is 60.8 Å². The van der Waals surface area contributed by atoms with E-state index in [2.05, 4.69) is 40.2 Å². The zero-order chi connectivity index (χ0) is 21.1. The number of hydrogen-bond acceptors (Lipinski definition) is 6. The van der Waals surface area contributed by atoms with Gasteiger partial charge in [0.1, 0.15) is 11.5 Å². The molecule has 4 rings (SSSR count). The quantitative estimate of drug-likeness (QED) is 0.547. The van der Waals surface area contributed by atoms with Gasteiger partial charge in [-0.05, 0) is 42.3 Å². The molecule has 7 heteroatoms. The molecule has 2 N–H and O–H groups in total. The minimum Gasteiger partial charge on any atom is -0.384 e. The maximum absolute atomic E-state index is 9.15. The summed E-state index contributed by atoms with van der Waals surface area (Å²) in [6.07, 6.45) is 1.87. The number of nitrogens with two attached hydrogens (primary N) is 1. The number of nitriles is 1. The van der Waals surface area contributed by atoms with Gasteiger partial charge < -0.3 is 5.73 Å². The van der Waals surface area contributed by atoms with E-state index in [9.17, 15) is 0 Å². The first-order valence-corrected chi connectivity index (χ1v) is 9.66. The number of hydrogen-bond donors (Lipinski definition) is 1. The lowest BCUT2D eigenvalue weighted by atomic mass is 10.1. The van der Waals surface area contributed by atoms with Gasteiger partial charge in [-0.15, -0.1) is 5.10 Å². The molecule has 0 unspecified atom stereocenters. The second-order valence-corrected chi connectivity index (χ2v) is 7.37. The Morgan fingerprint density at radius 2 is 1.83 bits per heavy atom. The zero-order valence-corrected chi connectivity index (χ0v) is 16.8. The highest BCUT2D eigenvalue weighted by Crippen LogP contribution is 2.26. The van der Waals surface area contributed by atoms with Crippen molar-refractivity contribution in [3.8, 4) is 28.6 Å². The lowest BCUT2D eigenvalue weighted by Gasteiger charge is -2.07. The average Bonchev–Trinajstić information content (AvgIpc) is 3.22. The summed E-state index contributed by atoms with van der Waals surface area (Å²) in [5.41, 5.74) is 11.6. The van der Waals surface area contributed by atoms with Crippen LogP contribution in [0.3, 0.4) is 0 Å². The summed E-state index contributed by atoms with van der Waals surface area (Å²) < 4.78 is 1.76. The molecule has 0 bridgehead atoms. The highest BCUT2D eigenvalue weighted by Gasteiger charge is 2.10. The third-order valence-corrected chi connectivity index (χ3v) is 4.71. The van der Waals surface area contributed by atoms with E-state index >= 15 is 0 Å². The molecule has 0 amide bonds. The molecule has 0 saturated heterocycles. The van der Waals surface area contributed by atoms with Gasteiger partial charge in [-0.3, -0.25) is 4.98 Å². The fourth-order valence-corrected chi connectivity index (χ4v) is 3.18. The fraction of sp³-hybridized carbons (Fsp3) is 0.174. The Kier molecular flexibility index (Phi) is 5.22. The summed E-state index contributed by atoms with van der Waals surface area (Å²) in [7, 11) is 0. The molecular formula is C23H21N7. The van der Waals surface area contributed by atoms with Crippen molar-refractivity contribution >= 4 is 5.82 Å². The smallest absolute Gasteiger partial charge is 0.124 e. The number of pyridine rings is 2. The second-order valence-electron chi connectivity index (χ2n) is 7.37. The summed E-state index contributed by atoms with van der Waals surface area (Å²) >= 11 is 0. The molecule has 148 valence electrons. The van der Waals surface area contributed by atoms with Gasteiger partial charge in [0.05, 0.1) is 35.8 Å². The van der Waals surface area contributed by atoms with Gasteiger partial charge in [-0.2, -0.15) is 5.26 Å². The SMILES string of the molecule is CC(C)c1cccc(Cn2cc(-c3cc(N)nc(-c4cccc(C#N)c4)c3)nn2)n1. The van der Waals surface area contributed by atoms with Crippen LogP contribution in [-0.4, -0.2) is 25.0 Å². The fourth-order valence-electron chi connectivity index (χ4n) is 3.18. The third kappa shape index (κ3) is 4.18. The zero-order valence-electron chi connectivity index (χ0n) is 16.8. The molecule has 0 saturated carbocycles. The predicted octanol–water partition coefficient (Wildman–Crippen LogP) is 4.03. The Morgan fingerprint density at radius 3 is 2.63 bits per heavy atom. The lowest BCUT2D eigenvalue weighted by Crippen LogP contribution is -2.04. The molecule has 3 heterocycles. The number of aromatic nitrogens is 5. The minimum absolute atomic E-state index is 0.369. The van der Waals surface area contributed by atoms with Crippen molar-refractivity contribution in [1.82, 2.24) is 25.0 Å². The van der Waals surface area contributed by atoms with E-state index in [4.69, 9.17) is 11.0 Å². The van der Waals surface area contributed by atoms with Crippen LogP contribution in [0.2, 0.25) is 0 Å². The summed E-state index contributed by atoms with van der Waals surface area (Å²) in [5, 5.41) is 17.7. The molecule has 0 atom stereocenters. The van der Waals surface area contributed by atoms with Gasteiger partial charge >= 0.3 is 0 Å².